The fourth-order valence-electron chi connectivity index (χ4n) is 3.11. The minimum Gasteiger partial charge on any atom is -0.326 e. The number of aromatic nitrogens is 2. The van der Waals surface area contributed by atoms with Crippen LogP contribution in [0.4, 0.5) is 4.39 Å². The number of hydrogen-bond donors (Lipinski definition) is 0. The molecular formula is C18H18FN3S. The van der Waals surface area contributed by atoms with Gasteiger partial charge < -0.3 is 4.57 Å². The number of benzene rings is 1. The molecule has 118 valence electrons. The van der Waals surface area contributed by atoms with E-state index in [1.807, 2.05) is 23.6 Å². The molecule has 0 bridgehead atoms. The van der Waals surface area contributed by atoms with E-state index in [2.05, 4.69) is 33.5 Å². The third kappa shape index (κ3) is 2.94. The second kappa shape index (κ2) is 5.91. The Morgan fingerprint density at radius 2 is 2.13 bits per heavy atom. The van der Waals surface area contributed by atoms with Crippen molar-refractivity contribution in [1.82, 2.24) is 14.5 Å². The van der Waals surface area contributed by atoms with Crippen molar-refractivity contribution < 1.29 is 4.39 Å². The maximum Gasteiger partial charge on any atom is 0.123 e. The average Bonchev–Trinajstić information content (AvgIpc) is 3.13. The van der Waals surface area contributed by atoms with Gasteiger partial charge >= 0.3 is 0 Å². The third-order valence-electron chi connectivity index (χ3n) is 4.24. The lowest BCUT2D eigenvalue weighted by molar-refractivity contribution is 0.211. The number of thiophene rings is 1. The van der Waals surface area contributed by atoms with Gasteiger partial charge in [-0.1, -0.05) is 12.1 Å². The Labute approximate surface area is 139 Å². The highest BCUT2D eigenvalue weighted by Gasteiger charge is 2.21. The van der Waals surface area contributed by atoms with Crippen LogP contribution in [0, 0.1) is 12.7 Å². The number of fused-ring (bicyclic) bond motifs is 1. The zero-order valence-electron chi connectivity index (χ0n) is 13.0. The van der Waals surface area contributed by atoms with Crippen LogP contribution in [0.2, 0.25) is 0 Å². The molecule has 0 aliphatic carbocycles. The van der Waals surface area contributed by atoms with Crippen molar-refractivity contribution in [3.63, 3.8) is 0 Å². The summed E-state index contributed by atoms with van der Waals surface area (Å²) in [6, 6.07) is 11.1. The number of nitrogens with zero attached hydrogens (tertiary/aromatic N) is 3. The fourth-order valence-corrected chi connectivity index (χ4v) is 4.05. The van der Waals surface area contributed by atoms with Crippen molar-refractivity contribution >= 4 is 11.3 Å². The molecule has 1 aliphatic heterocycles. The van der Waals surface area contributed by atoms with E-state index in [-0.39, 0.29) is 5.82 Å². The largest absolute Gasteiger partial charge is 0.326 e. The van der Waals surface area contributed by atoms with Gasteiger partial charge in [0, 0.05) is 35.0 Å². The Balaban J connectivity index is 1.55. The number of aryl methyl sites for hydroxylation is 1. The first-order valence-electron chi connectivity index (χ1n) is 7.77. The molecule has 0 unspecified atom stereocenters. The molecule has 0 fully saturated rings. The molecule has 0 saturated heterocycles. The zero-order chi connectivity index (χ0) is 15.8. The van der Waals surface area contributed by atoms with E-state index in [9.17, 15) is 4.39 Å². The first-order chi connectivity index (χ1) is 11.2. The molecule has 4 rings (SSSR count). The van der Waals surface area contributed by atoms with Crippen LogP contribution in [0.25, 0.3) is 11.3 Å². The van der Waals surface area contributed by atoms with Gasteiger partial charge in [-0.05, 0) is 31.2 Å². The van der Waals surface area contributed by atoms with Gasteiger partial charge in [-0.15, -0.1) is 11.3 Å². The summed E-state index contributed by atoms with van der Waals surface area (Å²) in [5.41, 5.74) is 1.90. The monoisotopic (exact) mass is 327 g/mol. The minimum absolute atomic E-state index is 0.205. The molecule has 23 heavy (non-hydrogen) atoms. The molecule has 0 atom stereocenters. The van der Waals surface area contributed by atoms with E-state index in [1.54, 1.807) is 12.1 Å². The van der Waals surface area contributed by atoms with Crippen molar-refractivity contribution in [1.29, 1.82) is 0 Å². The molecule has 0 radical (unpaired) electrons. The lowest BCUT2D eigenvalue weighted by atomic mass is 10.1. The summed E-state index contributed by atoms with van der Waals surface area (Å²) in [4.78, 5) is 9.73. The summed E-state index contributed by atoms with van der Waals surface area (Å²) in [6.07, 6.45) is 1.86. The number of rotatable bonds is 3. The molecule has 0 spiro atoms. The maximum absolute atomic E-state index is 13.5. The van der Waals surface area contributed by atoms with Crippen LogP contribution in [0.3, 0.4) is 0 Å². The van der Waals surface area contributed by atoms with Crippen molar-refractivity contribution in [3.8, 4) is 11.3 Å². The topological polar surface area (TPSA) is 21.1 Å². The van der Waals surface area contributed by atoms with Crippen LogP contribution >= 0.6 is 11.3 Å². The number of imidazole rings is 1. The predicted molar refractivity (Wildman–Crippen MR) is 90.8 cm³/mol. The summed E-state index contributed by atoms with van der Waals surface area (Å²) in [5.74, 6) is 0.854. The highest BCUT2D eigenvalue weighted by Crippen LogP contribution is 2.26. The van der Waals surface area contributed by atoms with Crippen molar-refractivity contribution in [2.24, 2.45) is 0 Å². The van der Waals surface area contributed by atoms with Gasteiger partial charge in [0.25, 0.3) is 0 Å². The molecule has 5 heteroatoms. The summed E-state index contributed by atoms with van der Waals surface area (Å²) in [7, 11) is 0. The van der Waals surface area contributed by atoms with Crippen LogP contribution < -0.4 is 0 Å². The van der Waals surface area contributed by atoms with E-state index in [1.165, 1.54) is 15.8 Å². The summed E-state index contributed by atoms with van der Waals surface area (Å²) < 4.78 is 15.7. The smallest absolute Gasteiger partial charge is 0.123 e. The average molecular weight is 327 g/mol. The van der Waals surface area contributed by atoms with Gasteiger partial charge in [0.05, 0.1) is 18.4 Å². The van der Waals surface area contributed by atoms with Gasteiger partial charge in [-0.3, -0.25) is 4.90 Å². The van der Waals surface area contributed by atoms with Crippen molar-refractivity contribution in [2.45, 2.75) is 26.6 Å². The molecule has 1 aromatic carbocycles. The minimum atomic E-state index is -0.205. The first-order valence-corrected chi connectivity index (χ1v) is 8.59. The summed E-state index contributed by atoms with van der Waals surface area (Å²) >= 11 is 1.86. The maximum atomic E-state index is 13.5. The van der Waals surface area contributed by atoms with Crippen LogP contribution in [-0.2, 0) is 19.6 Å². The second-order valence-electron chi connectivity index (χ2n) is 5.94. The van der Waals surface area contributed by atoms with Crippen LogP contribution in [-0.4, -0.2) is 21.0 Å². The van der Waals surface area contributed by atoms with Crippen molar-refractivity contribution in [3.05, 3.63) is 64.0 Å². The van der Waals surface area contributed by atoms with E-state index in [0.717, 1.165) is 43.3 Å². The lowest BCUT2D eigenvalue weighted by Gasteiger charge is -2.28. The van der Waals surface area contributed by atoms with E-state index in [0.29, 0.717) is 0 Å². The predicted octanol–water partition coefficient (Wildman–Crippen LogP) is 4.07. The third-order valence-corrected chi connectivity index (χ3v) is 5.22. The van der Waals surface area contributed by atoms with Crippen LogP contribution in [0.15, 0.2) is 42.6 Å². The Kier molecular flexibility index (Phi) is 3.75. The zero-order valence-corrected chi connectivity index (χ0v) is 13.8. The lowest BCUT2D eigenvalue weighted by Crippen LogP contribution is -2.33. The molecule has 3 aromatic rings. The summed E-state index contributed by atoms with van der Waals surface area (Å²) in [6.45, 7) is 5.84. The number of hydrogen-bond acceptors (Lipinski definition) is 3. The fraction of sp³-hybridized carbons (Fsp3) is 0.278. The van der Waals surface area contributed by atoms with Gasteiger partial charge in [0.15, 0.2) is 0 Å². The summed E-state index contributed by atoms with van der Waals surface area (Å²) in [5, 5.41) is 0. The highest BCUT2D eigenvalue weighted by atomic mass is 32.1. The van der Waals surface area contributed by atoms with E-state index < -0.39 is 0 Å². The molecule has 0 N–H and O–H groups in total. The Morgan fingerprint density at radius 3 is 2.91 bits per heavy atom. The van der Waals surface area contributed by atoms with Gasteiger partial charge in [0.2, 0.25) is 0 Å². The van der Waals surface area contributed by atoms with Gasteiger partial charge in [-0.25, -0.2) is 9.37 Å². The molecule has 0 amide bonds. The molecule has 3 heterocycles. The molecule has 1 aliphatic rings. The van der Waals surface area contributed by atoms with Gasteiger partial charge in [0.1, 0.15) is 11.6 Å². The first kappa shape index (κ1) is 14.6. The Morgan fingerprint density at radius 1 is 1.22 bits per heavy atom. The molecular weight excluding hydrogens is 309 g/mol. The second-order valence-corrected chi connectivity index (χ2v) is 7.32. The van der Waals surface area contributed by atoms with E-state index >= 15 is 0 Å². The SMILES string of the molecule is Cc1ccc(CN2CCn3c(-c4cccc(F)c4)cnc3C2)s1. The standard InChI is InChI=1S/C18H18FN3S/c1-13-5-6-16(23-13)11-21-7-8-22-17(10-20-18(22)12-21)14-3-2-4-15(19)9-14/h2-6,9-10H,7-8,11-12H2,1H3. The van der Waals surface area contributed by atoms with E-state index in [4.69, 9.17) is 0 Å². The Hall–Kier alpha value is -1.98. The Bertz CT molecular complexity index is 836. The van der Waals surface area contributed by atoms with Crippen molar-refractivity contribution in [2.75, 3.05) is 6.54 Å². The van der Waals surface area contributed by atoms with Crippen LogP contribution in [0.1, 0.15) is 15.6 Å². The quantitative estimate of drug-likeness (QED) is 0.723. The number of halogens is 1. The molecule has 2 aromatic heterocycles. The van der Waals surface area contributed by atoms with Crippen LogP contribution in [0.5, 0.6) is 0 Å². The normalized spacial score (nSPS) is 14.9. The van der Waals surface area contributed by atoms with Gasteiger partial charge in [-0.2, -0.15) is 0 Å². The molecule has 0 saturated carbocycles. The molecule has 3 nitrogen and oxygen atoms in total. The highest BCUT2D eigenvalue weighted by molar-refractivity contribution is 7.11.